The van der Waals surface area contributed by atoms with Crippen LogP contribution >= 0.6 is 0 Å². The second-order valence-corrected chi connectivity index (χ2v) is 4.45. The molecule has 1 aliphatic rings. The van der Waals surface area contributed by atoms with Gasteiger partial charge in [-0.15, -0.1) is 0 Å². The molecule has 0 radical (unpaired) electrons. The monoisotopic (exact) mass is 245 g/mol. The third kappa shape index (κ3) is 3.21. The number of rotatable bonds is 5. The summed E-state index contributed by atoms with van der Waals surface area (Å²) in [6.07, 6.45) is 0.862. The van der Waals surface area contributed by atoms with E-state index in [1.54, 1.807) is 0 Å². The number of hydrogen-bond donors (Lipinski definition) is 1. The van der Waals surface area contributed by atoms with Crippen LogP contribution in [0.1, 0.15) is 43.8 Å². The smallest absolute Gasteiger partial charge is 0.248 e. The molecule has 1 fully saturated rings. The molecule has 0 aromatic carbocycles. The summed E-state index contributed by atoms with van der Waals surface area (Å²) in [5.74, 6) is -1.85. The fourth-order valence-electron chi connectivity index (χ4n) is 2.08. The molecule has 1 saturated carbocycles. The summed E-state index contributed by atoms with van der Waals surface area (Å²) in [5, 5.41) is 6.94. The highest BCUT2D eigenvalue weighted by Gasteiger charge is 2.41. The van der Waals surface area contributed by atoms with Gasteiger partial charge >= 0.3 is 0 Å². The molecule has 0 bridgehead atoms. The molecule has 0 saturated heterocycles. The first kappa shape index (κ1) is 12.4. The first-order valence-corrected chi connectivity index (χ1v) is 6.02. The van der Waals surface area contributed by atoms with Crippen LogP contribution in [0.2, 0.25) is 0 Å². The minimum absolute atomic E-state index is 0.0705. The van der Waals surface area contributed by atoms with Crippen LogP contribution in [0.3, 0.4) is 0 Å². The van der Waals surface area contributed by atoms with Crippen LogP contribution in [0.15, 0.2) is 4.52 Å². The van der Waals surface area contributed by atoms with Crippen molar-refractivity contribution in [3.8, 4) is 0 Å². The maximum atomic E-state index is 13.0. The van der Waals surface area contributed by atoms with E-state index in [-0.39, 0.29) is 18.8 Å². The summed E-state index contributed by atoms with van der Waals surface area (Å²) < 4.78 is 31.1. The minimum atomic E-state index is -2.56. The lowest BCUT2D eigenvalue weighted by atomic mass is 10.1. The SMILES string of the molecule is CCNCCc1nc(C2CCC(F)(F)C2)no1. The van der Waals surface area contributed by atoms with Crippen LogP contribution in [-0.2, 0) is 6.42 Å². The number of aromatic nitrogens is 2. The van der Waals surface area contributed by atoms with Crippen molar-refractivity contribution < 1.29 is 13.3 Å². The van der Waals surface area contributed by atoms with Crippen molar-refractivity contribution in [3.63, 3.8) is 0 Å². The lowest BCUT2D eigenvalue weighted by Gasteiger charge is -2.06. The van der Waals surface area contributed by atoms with Crippen LogP contribution < -0.4 is 5.32 Å². The highest BCUT2D eigenvalue weighted by Crippen LogP contribution is 2.43. The Morgan fingerprint density at radius 2 is 2.35 bits per heavy atom. The van der Waals surface area contributed by atoms with Gasteiger partial charge in [0.25, 0.3) is 0 Å². The predicted octanol–water partition coefficient (Wildman–Crippen LogP) is 2.12. The Kier molecular flexibility index (Phi) is 3.71. The van der Waals surface area contributed by atoms with Gasteiger partial charge in [-0.2, -0.15) is 4.98 Å². The van der Waals surface area contributed by atoms with Crippen LogP contribution in [0, 0.1) is 0 Å². The zero-order valence-electron chi connectivity index (χ0n) is 9.88. The number of nitrogens with one attached hydrogen (secondary N) is 1. The third-order valence-corrected chi connectivity index (χ3v) is 3.02. The molecule has 2 rings (SSSR count). The molecular weight excluding hydrogens is 228 g/mol. The number of nitrogens with zero attached hydrogens (tertiary/aromatic N) is 2. The lowest BCUT2D eigenvalue weighted by molar-refractivity contribution is 0.00750. The molecule has 1 atom stereocenters. The van der Waals surface area contributed by atoms with Crippen molar-refractivity contribution in [2.75, 3.05) is 13.1 Å². The van der Waals surface area contributed by atoms with Gasteiger partial charge in [0.1, 0.15) is 0 Å². The van der Waals surface area contributed by atoms with Crippen molar-refractivity contribution in [1.82, 2.24) is 15.5 Å². The van der Waals surface area contributed by atoms with E-state index < -0.39 is 5.92 Å². The highest BCUT2D eigenvalue weighted by molar-refractivity contribution is 5.02. The van der Waals surface area contributed by atoms with Crippen molar-refractivity contribution in [2.45, 2.75) is 44.4 Å². The number of likely N-dealkylation sites (N-methyl/N-ethyl adjacent to an activating group) is 1. The zero-order valence-corrected chi connectivity index (χ0v) is 9.88. The van der Waals surface area contributed by atoms with E-state index in [4.69, 9.17) is 4.52 Å². The fraction of sp³-hybridized carbons (Fsp3) is 0.818. The number of alkyl halides is 2. The van der Waals surface area contributed by atoms with E-state index in [9.17, 15) is 8.78 Å². The Bertz CT molecular complexity index is 367. The summed E-state index contributed by atoms with van der Waals surface area (Å²) >= 11 is 0. The molecule has 0 amide bonds. The Hall–Kier alpha value is -1.04. The molecule has 1 heterocycles. The lowest BCUT2D eigenvalue weighted by Crippen LogP contribution is -2.16. The molecule has 1 aliphatic carbocycles. The fourth-order valence-corrected chi connectivity index (χ4v) is 2.08. The quantitative estimate of drug-likeness (QED) is 0.807. The maximum absolute atomic E-state index is 13.0. The normalized spacial score (nSPS) is 23.1. The first-order valence-electron chi connectivity index (χ1n) is 6.02. The Labute approximate surface area is 98.8 Å². The second kappa shape index (κ2) is 5.08. The molecule has 6 heteroatoms. The first-order chi connectivity index (χ1) is 8.11. The van der Waals surface area contributed by atoms with Crippen molar-refractivity contribution in [2.24, 2.45) is 0 Å². The van der Waals surface area contributed by atoms with E-state index in [0.717, 1.165) is 13.1 Å². The predicted molar refractivity (Wildman–Crippen MR) is 58.1 cm³/mol. The summed E-state index contributed by atoms with van der Waals surface area (Å²) in [4.78, 5) is 4.18. The van der Waals surface area contributed by atoms with Crippen molar-refractivity contribution in [3.05, 3.63) is 11.7 Å². The molecule has 1 unspecified atom stereocenters. The van der Waals surface area contributed by atoms with Gasteiger partial charge in [-0.3, -0.25) is 0 Å². The van der Waals surface area contributed by atoms with E-state index in [2.05, 4.69) is 15.5 Å². The van der Waals surface area contributed by atoms with Gasteiger partial charge in [0, 0.05) is 31.7 Å². The van der Waals surface area contributed by atoms with Gasteiger partial charge in [-0.25, -0.2) is 8.78 Å². The maximum Gasteiger partial charge on any atom is 0.248 e. The van der Waals surface area contributed by atoms with E-state index in [1.807, 2.05) is 6.92 Å². The summed E-state index contributed by atoms with van der Waals surface area (Å²) in [6, 6.07) is 0. The Balaban J connectivity index is 1.90. The molecule has 1 aromatic heterocycles. The summed E-state index contributed by atoms with van der Waals surface area (Å²) in [6.45, 7) is 3.66. The van der Waals surface area contributed by atoms with Crippen LogP contribution in [-0.4, -0.2) is 29.2 Å². The van der Waals surface area contributed by atoms with Gasteiger partial charge in [-0.05, 0) is 13.0 Å². The number of halogens is 2. The zero-order chi connectivity index (χ0) is 12.3. The molecular formula is C11H17F2N3O. The second-order valence-electron chi connectivity index (χ2n) is 4.45. The third-order valence-electron chi connectivity index (χ3n) is 3.02. The van der Waals surface area contributed by atoms with Gasteiger partial charge in [0.2, 0.25) is 11.8 Å². The molecule has 17 heavy (non-hydrogen) atoms. The van der Waals surface area contributed by atoms with Crippen molar-refractivity contribution >= 4 is 0 Å². The van der Waals surface area contributed by atoms with Gasteiger partial charge < -0.3 is 9.84 Å². The molecule has 0 aliphatic heterocycles. The van der Waals surface area contributed by atoms with Crippen LogP contribution in [0.5, 0.6) is 0 Å². The van der Waals surface area contributed by atoms with Gasteiger partial charge in [0.15, 0.2) is 5.82 Å². The van der Waals surface area contributed by atoms with Crippen LogP contribution in [0.25, 0.3) is 0 Å². The average molecular weight is 245 g/mol. The summed E-state index contributed by atoms with van der Waals surface area (Å²) in [7, 11) is 0. The van der Waals surface area contributed by atoms with Crippen LogP contribution in [0.4, 0.5) is 8.78 Å². The molecule has 4 nitrogen and oxygen atoms in total. The van der Waals surface area contributed by atoms with Gasteiger partial charge in [0.05, 0.1) is 0 Å². The highest BCUT2D eigenvalue weighted by atomic mass is 19.3. The van der Waals surface area contributed by atoms with Gasteiger partial charge in [-0.1, -0.05) is 12.1 Å². The van der Waals surface area contributed by atoms with E-state index >= 15 is 0 Å². The standard InChI is InChI=1S/C11H17F2N3O/c1-2-14-6-4-9-15-10(16-17-9)8-3-5-11(12,13)7-8/h8,14H,2-7H2,1H3. The Morgan fingerprint density at radius 3 is 3.00 bits per heavy atom. The largest absolute Gasteiger partial charge is 0.339 e. The van der Waals surface area contributed by atoms with E-state index in [0.29, 0.717) is 24.6 Å². The summed E-state index contributed by atoms with van der Waals surface area (Å²) in [5.41, 5.74) is 0. The molecule has 96 valence electrons. The topological polar surface area (TPSA) is 51.0 Å². The molecule has 1 N–H and O–H groups in total. The number of hydrogen-bond acceptors (Lipinski definition) is 4. The molecule has 0 spiro atoms. The van der Waals surface area contributed by atoms with E-state index in [1.165, 1.54) is 0 Å². The van der Waals surface area contributed by atoms with Crippen molar-refractivity contribution in [1.29, 1.82) is 0 Å². The minimum Gasteiger partial charge on any atom is -0.339 e. The molecule has 1 aromatic rings. The Morgan fingerprint density at radius 1 is 1.53 bits per heavy atom. The average Bonchev–Trinajstić information content (AvgIpc) is 2.85.